The number of nitrogens with one attached hydrogen (secondary N) is 1. The third-order valence-electron chi connectivity index (χ3n) is 6.41. The van der Waals surface area contributed by atoms with Gasteiger partial charge in [0, 0.05) is 29.1 Å². The average Bonchev–Trinajstić information content (AvgIpc) is 3.15. The lowest BCUT2D eigenvalue weighted by Crippen LogP contribution is -2.54. The topological polar surface area (TPSA) is 94.5 Å². The molecule has 10 heteroatoms. The Bertz CT molecular complexity index is 1450. The molecule has 1 aliphatic rings. The zero-order valence-corrected chi connectivity index (χ0v) is 22.0. The van der Waals surface area contributed by atoms with E-state index in [1.165, 1.54) is 35.9 Å². The normalized spacial score (nSPS) is 17.8. The Balaban J connectivity index is 1.89. The summed E-state index contributed by atoms with van der Waals surface area (Å²) < 4.78 is 50.8. The molecule has 0 saturated heterocycles. The smallest absolute Gasteiger partial charge is 0.419 e. The van der Waals surface area contributed by atoms with Gasteiger partial charge in [-0.2, -0.15) is 0 Å². The van der Waals surface area contributed by atoms with Crippen LogP contribution in [-0.4, -0.2) is 42.6 Å². The van der Waals surface area contributed by atoms with Gasteiger partial charge >= 0.3 is 6.09 Å². The number of halogens is 2. The maximum absolute atomic E-state index is 16.8. The number of sulfone groups is 1. The molecule has 7 nitrogen and oxygen atoms in total. The van der Waals surface area contributed by atoms with Crippen LogP contribution in [0.15, 0.2) is 53.4 Å². The van der Waals surface area contributed by atoms with Crippen LogP contribution in [-0.2, 0) is 32.2 Å². The number of alkyl halides is 1. The maximum atomic E-state index is 16.8. The highest BCUT2D eigenvalue weighted by atomic mass is 35.5. The fourth-order valence-corrected chi connectivity index (χ4v) is 6.85. The van der Waals surface area contributed by atoms with Crippen LogP contribution in [0.3, 0.4) is 0 Å². The van der Waals surface area contributed by atoms with Gasteiger partial charge in [0.2, 0.25) is 9.84 Å². The third kappa shape index (κ3) is 4.28. The first-order valence-electron chi connectivity index (χ1n) is 11.6. The summed E-state index contributed by atoms with van der Waals surface area (Å²) in [5, 5.41) is 0.109. The van der Waals surface area contributed by atoms with Gasteiger partial charge < -0.3 is 10.1 Å². The number of rotatable bonds is 4. The largest absolute Gasteiger partial charge is 0.443 e. The minimum atomic E-state index is -4.74. The molecule has 2 atom stereocenters. The minimum Gasteiger partial charge on any atom is -0.443 e. The van der Waals surface area contributed by atoms with E-state index in [2.05, 4.69) is 5.32 Å². The Hall–Kier alpha value is -2.91. The number of nitrogens with zero attached hydrogens (tertiary/aromatic N) is 1. The molecule has 3 aromatic rings. The Morgan fingerprint density at radius 3 is 2.42 bits per heavy atom. The summed E-state index contributed by atoms with van der Waals surface area (Å²) in [5.41, 5.74) is 0.886. The molecule has 1 aliphatic carbocycles. The van der Waals surface area contributed by atoms with Crippen molar-refractivity contribution < 1.29 is 27.1 Å². The minimum absolute atomic E-state index is 0.0723. The van der Waals surface area contributed by atoms with Gasteiger partial charge in [0.25, 0.3) is 10.9 Å². The lowest BCUT2D eigenvalue weighted by Gasteiger charge is -2.34. The molecule has 1 amide bonds. The lowest BCUT2D eigenvalue weighted by atomic mass is 9.83. The Labute approximate surface area is 214 Å². The highest BCUT2D eigenvalue weighted by Crippen LogP contribution is 2.44. The van der Waals surface area contributed by atoms with Crippen LogP contribution in [0.5, 0.6) is 0 Å². The summed E-state index contributed by atoms with van der Waals surface area (Å²) in [7, 11) is -3.54. The van der Waals surface area contributed by atoms with Crippen molar-refractivity contribution in [2.24, 2.45) is 5.92 Å². The molecule has 36 heavy (non-hydrogen) atoms. The van der Waals surface area contributed by atoms with Crippen molar-refractivity contribution in [3.8, 4) is 0 Å². The first kappa shape index (κ1) is 26.2. The fourth-order valence-electron chi connectivity index (χ4n) is 4.83. The molecular formula is C26H28ClFN2O5S. The molecule has 1 N–H and O–H groups in total. The number of benzene rings is 2. The molecule has 1 heterocycles. The van der Waals surface area contributed by atoms with E-state index in [0.717, 1.165) is 5.56 Å². The fraction of sp³-hybridized carbons (Fsp3) is 0.385. The predicted molar refractivity (Wildman–Crippen MR) is 136 cm³/mol. The average molecular weight is 535 g/mol. The summed E-state index contributed by atoms with van der Waals surface area (Å²) >= 11 is 6.23. The van der Waals surface area contributed by atoms with Crippen LogP contribution in [0.2, 0.25) is 5.02 Å². The monoisotopic (exact) mass is 534 g/mol. The van der Waals surface area contributed by atoms with Crippen LogP contribution >= 0.6 is 11.6 Å². The molecule has 2 aromatic carbocycles. The van der Waals surface area contributed by atoms with Crippen molar-refractivity contribution in [2.45, 2.75) is 55.5 Å². The van der Waals surface area contributed by atoms with Gasteiger partial charge in [0.15, 0.2) is 0 Å². The second-order valence-corrected chi connectivity index (χ2v) is 12.4. The lowest BCUT2D eigenvalue weighted by molar-refractivity contribution is -0.130. The molecule has 192 valence electrons. The van der Waals surface area contributed by atoms with E-state index < -0.39 is 38.4 Å². The summed E-state index contributed by atoms with van der Waals surface area (Å²) in [6.07, 6.45) is -0.522. The number of aryl methyl sites for hydroxylation is 1. The highest BCUT2D eigenvalue weighted by molar-refractivity contribution is 7.93. The van der Waals surface area contributed by atoms with Crippen LogP contribution in [0.4, 0.5) is 9.18 Å². The maximum Gasteiger partial charge on any atom is 0.419 e. The van der Waals surface area contributed by atoms with Crippen molar-refractivity contribution in [3.63, 3.8) is 0 Å². The molecular weight excluding hydrogens is 507 g/mol. The standard InChI is InChI=1S/C26H28ClFN2O5S/c1-25(2,3)35-24(32)30-21-13-11-17(27)15-20(21)19-12-10-16(14-22(19)30)26(28,23(31)29-4)36(33,34)18-8-6-5-7-9-18/h5-9,11,13,15-16H,10,12,14H2,1-4H3,(H,29,31)/t16-,26?/m1/s1. The SMILES string of the molecule is CNC(=O)C(F)([C@@H]1CCc2c(n(C(=O)OC(C)(C)C)c3ccc(Cl)cc23)C1)S(=O)(=O)c1ccccc1. The van der Waals surface area contributed by atoms with E-state index >= 15 is 4.39 Å². The van der Waals surface area contributed by atoms with Crippen molar-refractivity contribution >= 4 is 44.3 Å². The number of aromatic nitrogens is 1. The summed E-state index contributed by atoms with van der Waals surface area (Å²) in [4.78, 5) is 25.9. The van der Waals surface area contributed by atoms with Crippen LogP contribution in [0.25, 0.3) is 10.9 Å². The predicted octanol–water partition coefficient (Wildman–Crippen LogP) is 5.07. The number of carbonyl (C=O) groups is 2. The Morgan fingerprint density at radius 2 is 1.81 bits per heavy atom. The van der Waals surface area contributed by atoms with E-state index in [0.29, 0.717) is 21.6 Å². The third-order valence-corrected chi connectivity index (χ3v) is 8.84. The molecule has 1 unspecified atom stereocenters. The number of hydrogen-bond acceptors (Lipinski definition) is 5. The van der Waals surface area contributed by atoms with Crippen molar-refractivity contribution in [1.29, 1.82) is 0 Å². The number of ether oxygens (including phenoxy) is 1. The second kappa shape index (κ2) is 9.19. The molecule has 0 aliphatic heterocycles. The molecule has 0 spiro atoms. The molecule has 0 saturated carbocycles. The molecule has 0 fully saturated rings. The summed E-state index contributed by atoms with van der Waals surface area (Å²) in [6, 6.07) is 12.1. The number of carbonyl (C=O) groups excluding carboxylic acids is 2. The van der Waals surface area contributed by atoms with Gasteiger partial charge in [-0.25, -0.2) is 22.2 Å². The van der Waals surface area contributed by atoms with Gasteiger partial charge in [-0.05, 0) is 75.9 Å². The van der Waals surface area contributed by atoms with Crippen molar-refractivity contribution in [1.82, 2.24) is 9.88 Å². The van der Waals surface area contributed by atoms with E-state index in [1.807, 2.05) is 0 Å². The first-order chi connectivity index (χ1) is 16.8. The highest BCUT2D eigenvalue weighted by Gasteiger charge is 2.58. The van der Waals surface area contributed by atoms with Crippen LogP contribution in [0, 0.1) is 5.92 Å². The van der Waals surface area contributed by atoms with Crippen LogP contribution < -0.4 is 5.32 Å². The van der Waals surface area contributed by atoms with Crippen LogP contribution in [0.1, 0.15) is 38.4 Å². The second-order valence-electron chi connectivity index (χ2n) is 9.88. The zero-order chi connectivity index (χ0) is 26.5. The Morgan fingerprint density at radius 1 is 1.14 bits per heavy atom. The summed E-state index contributed by atoms with van der Waals surface area (Å²) in [5.74, 6) is -2.50. The zero-order valence-electron chi connectivity index (χ0n) is 20.5. The Kier molecular flexibility index (Phi) is 6.68. The molecule has 4 rings (SSSR count). The van der Waals surface area contributed by atoms with Gasteiger partial charge in [0.05, 0.1) is 10.4 Å². The first-order valence-corrected chi connectivity index (χ1v) is 13.4. The number of amides is 1. The quantitative estimate of drug-likeness (QED) is 0.504. The van der Waals surface area contributed by atoms with E-state index in [-0.39, 0.29) is 24.2 Å². The van der Waals surface area contributed by atoms with Gasteiger partial charge in [0.1, 0.15) is 5.60 Å². The van der Waals surface area contributed by atoms with Gasteiger partial charge in [-0.1, -0.05) is 29.8 Å². The van der Waals surface area contributed by atoms with E-state index in [1.54, 1.807) is 45.0 Å². The molecule has 1 aromatic heterocycles. The molecule has 0 radical (unpaired) electrons. The van der Waals surface area contributed by atoms with Gasteiger partial charge in [-0.15, -0.1) is 0 Å². The van der Waals surface area contributed by atoms with E-state index in [4.69, 9.17) is 16.3 Å². The summed E-state index contributed by atoms with van der Waals surface area (Å²) in [6.45, 7) is 5.19. The number of fused-ring (bicyclic) bond motifs is 3. The van der Waals surface area contributed by atoms with E-state index in [9.17, 15) is 18.0 Å². The van der Waals surface area contributed by atoms with Gasteiger partial charge in [-0.3, -0.25) is 4.79 Å². The van der Waals surface area contributed by atoms with Crippen molar-refractivity contribution in [2.75, 3.05) is 7.05 Å². The number of hydrogen-bond donors (Lipinski definition) is 1. The van der Waals surface area contributed by atoms with Crippen molar-refractivity contribution in [3.05, 3.63) is 64.8 Å². The molecule has 0 bridgehead atoms.